The highest BCUT2D eigenvalue weighted by Gasteiger charge is 2.12. The Bertz CT molecular complexity index is 647. The zero-order valence-electron chi connectivity index (χ0n) is 12.2. The van der Waals surface area contributed by atoms with Gasteiger partial charge >= 0.3 is 0 Å². The molecule has 2 N–H and O–H groups in total. The minimum Gasteiger partial charge on any atom is -0.385 e. The van der Waals surface area contributed by atoms with Gasteiger partial charge in [0.15, 0.2) is 0 Å². The first kappa shape index (κ1) is 13.7. The minimum atomic E-state index is -0.0145. The lowest BCUT2D eigenvalue weighted by Crippen LogP contribution is -2.26. The summed E-state index contributed by atoms with van der Waals surface area (Å²) >= 11 is 0. The maximum atomic E-state index is 12.2. The second-order valence-corrected chi connectivity index (χ2v) is 5.39. The van der Waals surface area contributed by atoms with Crippen molar-refractivity contribution in [1.29, 1.82) is 0 Å². The molecule has 0 fully saturated rings. The Kier molecular flexibility index (Phi) is 3.90. The van der Waals surface area contributed by atoms with Crippen molar-refractivity contribution in [2.45, 2.75) is 19.3 Å². The highest BCUT2D eigenvalue weighted by Crippen LogP contribution is 2.22. The lowest BCUT2D eigenvalue weighted by Gasteiger charge is -2.18. The second-order valence-electron chi connectivity index (χ2n) is 5.39. The Morgan fingerprint density at radius 1 is 1.43 bits per heavy atom. The fourth-order valence-corrected chi connectivity index (χ4v) is 2.62. The normalized spacial score (nSPS) is 13.4. The largest absolute Gasteiger partial charge is 0.385 e. The van der Waals surface area contributed by atoms with Crippen LogP contribution in [0.1, 0.15) is 28.0 Å². The average Bonchev–Trinajstić information content (AvgIpc) is 2.92. The van der Waals surface area contributed by atoms with E-state index in [0.717, 1.165) is 42.8 Å². The number of aryl methyl sites for hydroxylation is 2. The lowest BCUT2D eigenvalue weighted by molar-refractivity contribution is 0.0954. The molecule has 1 aromatic carbocycles. The molecule has 2 aromatic rings. The highest BCUT2D eigenvalue weighted by molar-refractivity contribution is 5.94. The van der Waals surface area contributed by atoms with Crippen molar-refractivity contribution < 1.29 is 4.79 Å². The number of hydrogen-bond donors (Lipinski definition) is 2. The molecule has 21 heavy (non-hydrogen) atoms. The van der Waals surface area contributed by atoms with Crippen LogP contribution in [0.2, 0.25) is 0 Å². The molecule has 0 aliphatic carbocycles. The first-order valence-electron chi connectivity index (χ1n) is 7.36. The van der Waals surface area contributed by atoms with Gasteiger partial charge < -0.3 is 10.6 Å². The summed E-state index contributed by atoms with van der Waals surface area (Å²) < 4.78 is 1.77. The van der Waals surface area contributed by atoms with Crippen LogP contribution in [0.4, 0.5) is 5.69 Å². The van der Waals surface area contributed by atoms with Crippen LogP contribution in [0.25, 0.3) is 0 Å². The number of amides is 1. The van der Waals surface area contributed by atoms with Crippen molar-refractivity contribution in [2.24, 2.45) is 7.05 Å². The van der Waals surface area contributed by atoms with Gasteiger partial charge in [-0.3, -0.25) is 9.48 Å². The number of carbonyl (C=O) groups is 1. The summed E-state index contributed by atoms with van der Waals surface area (Å²) in [7, 11) is 1.89. The zero-order chi connectivity index (χ0) is 14.7. The number of benzene rings is 1. The average molecular weight is 284 g/mol. The van der Waals surface area contributed by atoms with Gasteiger partial charge in [-0.1, -0.05) is 0 Å². The second kappa shape index (κ2) is 5.99. The fourth-order valence-electron chi connectivity index (χ4n) is 2.62. The number of nitrogens with zero attached hydrogens (tertiary/aromatic N) is 2. The first-order chi connectivity index (χ1) is 10.2. The molecule has 1 aliphatic rings. The topological polar surface area (TPSA) is 59.0 Å². The minimum absolute atomic E-state index is 0.0145. The molecule has 5 heteroatoms. The third-order valence-corrected chi connectivity index (χ3v) is 3.74. The number of fused-ring (bicyclic) bond motifs is 1. The van der Waals surface area contributed by atoms with E-state index in [4.69, 9.17) is 0 Å². The number of rotatable bonds is 4. The summed E-state index contributed by atoms with van der Waals surface area (Å²) in [6.45, 7) is 1.62. The van der Waals surface area contributed by atoms with Gasteiger partial charge in [-0.05, 0) is 42.7 Å². The van der Waals surface area contributed by atoms with Crippen LogP contribution in [0, 0.1) is 0 Å². The van der Waals surface area contributed by atoms with Crippen molar-refractivity contribution in [3.63, 3.8) is 0 Å². The molecule has 1 aliphatic heterocycles. The summed E-state index contributed by atoms with van der Waals surface area (Å²) in [5, 5.41) is 10.6. The molecular weight excluding hydrogens is 264 g/mol. The van der Waals surface area contributed by atoms with Gasteiger partial charge in [0, 0.05) is 44.0 Å². The van der Waals surface area contributed by atoms with Crippen molar-refractivity contribution in [3.8, 4) is 0 Å². The van der Waals surface area contributed by atoms with Crippen molar-refractivity contribution >= 4 is 11.6 Å². The Morgan fingerprint density at radius 3 is 3.14 bits per heavy atom. The number of anilines is 1. The molecule has 1 aromatic heterocycles. The predicted molar refractivity (Wildman–Crippen MR) is 82.5 cm³/mol. The van der Waals surface area contributed by atoms with Gasteiger partial charge in [-0.25, -0.2) is 0 Å². The Labute approximate surface area is 124 Å². The molecule has 3 rings (SSSR count). The Morgan fingerprint density at radius 2 is 2.33 bits per heavy atom. The molecule has 5 nitrogen and oxygen atoms in total. The third-order valence-electron chi connectivity index (χ3n) is 3.74. The van der Waals surface area contributed by atoms with Crippen molar-refractivity contribution in [2.75, 3.05) is 18.4 Å². The van der Waals surface area contributed by atoms with Crippen LogP contribution >= 0.6 is 0 Å². The van der Waals surface area contributed by atoms with E-state index < -0.39 is 0 Å². The quantitative estimate of drug-likeness (QED) is 0.899. The molecule has 1 amide bonds. The summed E-state index contributed by atoms with van der Waals surface area (Å²) in [6.07, 6.45) is 4.82. The van der Waals surface area contributed by atoms with E-state index in [9.17, 15) is 4.79 Å². The van der Waals surface area contributed by atoms with E-state index >= 15 is 0 Å². The summed E-state index contributed by atoms with van der Waals surface area (Å²) in [5.41, 5.74) is 4.12. The van der Waals surface area contributed by atoms with Crippen LogP contribution in [0.5, 0.6) is 0 Å². The summed E-state index contributed by atoms with van der Waals surface area (Å²) in [6, 6.07) is 7.85. The maximum absolute atomic E-state index is 12.2. The molecule has 110 valence electrons. The van der Waals surface area contributed by atoms with E-state index in [2.05, 4.69) is 15.7 Å². The van der Waals surface area contributed by atoms with Gasteiger partial charge in [-0.15, -0.1) is 0 Å². The van der Waals surface area contributed by atoms with Gasteiger partial charge in [0.1, 0.15) is 0 Å². The SMILES string of the molecule is Cn1ccc(CCNC(=O)c2ccc3c(c2)CCCN3)n1. The molecule has 2 heterocycles. The number of aromatic nitrogens is 2. The van der Waals surface area contributed by atoms with E-state index in [1.165, 1.54) is 5.56 Å². The van der Waals surface area contributed by atoms with Crippen LogP contribution in [0.15, 0.2) is 30.5 Å². The molecule has 0 atom stereocenters. The molecule has 0 saturated carbocycles. The fraction of sp³-hybridized carbons (Fsp3) is 0.375. The number of nitrogens with one attached hydrogen (secondary N) is 2. The van der Waals surface area contributed by atoms with E-state index in [1.54, 1.807) is 4.68 Å². The summed E-state index contributed by atoms with van der Waals surface area (Å²) in [4.78, 5) is 12.2. The number of hydrogen-bond acceptors (Lipinski definition) is 3. The maximum Gasteiger partial charge on any atom is 0.251 e. The molecule has 0 bridgehead atoms. The smallest absolute Gasteiger partial charge is 0.251 e. The van der Waals surface area contributed by atoms with Crippen LogP contribution < -0.4 is 10.6 Å². The van der Waals surface area contributed by atoms with Crippen LogP contribution in [0.3, 0.4) is 0 Å². The molecule has 0 spiro atoms. The first-order valence-corrected chi connectivity index (χ1v) is 7.36. The zero-order valence-corrected chi connectivity index (χ0v) is 12.2. The van der Waals surface area contributed by atoms with Crippen LogP contribution in [-0.2, 0) is 19.9 Å². The molecule has 0 radical (unpaired) electrons. The van der Waals surface area contributed by atoms with Gasteiger partial charge in [-0.2, -0.15) is 5.10 Å². The van der Waals surface area contributed by atoms with Gasteiger partial charge in [0.05, 0.1) is 5.69 Å². The molecule has 0 unspecified atom stereocenters. The summed E-state index contributed by atoms with van der Waals surface area (Å²) in [5.74, 6) is -0.0145. The molecule has 0 saturated heterocycles. The van der Waals surface area contributed by atoms with Gasteiger partial charge in [0.2, 0.25) is 0 Å². The number of carbonyl (C=O) groups excluding carboxylic acids is 1. The lowest BCUT2D eigenvalue weighted by atomic mass is 10.0. The van der Waals surface area contributed by atoms with Crippen molar-refractivity contribution in [1.82, 2.24) is 15.1 Å². The van der Waals surface area contributed by atoms with Gasteiger partial charge in [0.25, 0.3) is 5.91 Å². The van der Waals surface area contributed by atoms with Crippen molar-refractivity contribution in [3.05, 3.63) is 47.3 Å². The molecular formula is C16H20N4O. The standard InChI is InChI=1S/C16H20N4O/c1-20-10-7-14(19-20)6-9-18-16(21)13-4-5-15-12(11-13)3-2-8-17-15/h4-5,7,10-11,17H,2-3,6,8-9H2,1H3,(H,18,21). The van der Waals surface area contributed by atoms with E-state index in [0.29, 0.717) is 6.54 Å². The van der Waals surface area contributed by atoms with E-state index in [-0.39, 0.29) is 5.91 Å². The predicted octanol–water partition coefficient (Wildman–Crippen LogP) is 1.75. The third kappa shape index (κ3) is 3.24. The van der Waals surface area contributed by atoms with E-state index in [1.807, 2.05) is 37.5 Å². The van der Waals surface area contributed by atoms with Crippen LogP contribution in [-0.4, -0.2) is 28.8 Å². The Hall–Kier alpha value is -2.30. The highest BCUT2D eigenvalue weighted by atomic mass is 16.1. The monoisotopic (exact) mass is 284 g/mol. The Balaban J connectivity index is 1.57.